The second kappa shape index (κ2) is 4.70. The first-order valence-electron chi connectivity index (χ1n) is 5.47. The zero-order valence-electron chi connectivity index (χ0n) is 10.5. The average molecular weight is 249 g/mol. The highest BCUT2D eigenvalue weighted by molar-refractivity contribution is 5.89. The summed E-state index contributed by atoms with van der Waals surface area (Å²) in [5, 5.41) is 10.8. The monoisotopic (exact) mass is 249 g/mol. The number of aryl methyl sites for hydroxylation is 1. The minimum atomic E-state index is -1.30. The number of hydrogen-bond donors (Lipinski definition) is 1. The molecule has 2 aromatic rings. The van der Waals surface area contributed by atoms with E-state index in [1.54, 1.807) is 19.2 Å². The van der Waals surface area contributed by atoms with Gasteiger partial charge in [-0.1, -0.05) is 0 Å². The van der Waals surface area contributed by atoms with Gasteiger partial charge in [-0.05, 0) is 23.8 Å². The van der Waals surface area contributed by atoms with Crippen LogP contribution in [0.25, 0.3) is 10.9 Å². The fraction of sp³-hybridized carbons (Fsp3) is 0.308. The van der Waals surface area contributed by atoms with Gasteiger partial charge in [-0.25, -0.2) is 4.79 Å². The van der Waals surface area contributed by atoms with Gasteiger partial charge in [0, 0.05) is 18.6 Å². The third-order valence-corrected chi connectivity index (χ3v) is 2.95. The summed E-state index contributed by atoms with van der Waals surface area (Å²) in [6.45, 7) is 0. The number of aliphatic hydroxyl groups excluding tert-OH is 1. The molecule has 1 aromatic carbocycles. The lowest BCUT2D eigenvalue weighted by molar-refractivity contribution is -0.150. The Morgan fingerprint density at radius 1 is 1.39 bits per heavy atom. The van der Waals surface area contributed by atoms with Crippen LogP contribution in [0.3, 0.4) is 0 Å². The molecule has 0 saturated heterocycles. The number of carbonyl (C=O) groups is 1. The molecule has 0 saturated carbocycles. The minimum absolute atomic E-state index is 0.452. The zero-order valence-corrected chi connectivity index (χ0v) is 10.5. The summed E-state index contributed by atoms with van der Waals surface area (Å²) in [6.07, 6.45) is 0.588. The van der Waals surface area contributed by atoms with Gasteiger partial charge in [0.1, 0.15) is 5.75 Å². The van der Waals surface area contributed by atoms with E-state index in [0.29, 0.717) is 11.3 Å². The van der Waals surface area contributed by atoms with E-state index >= 15 is 0 Å². The van der Waals surface area contributed by atoms with E-state index in [4.69, 9.17) is 4.74 Å². The van der Waals surface area contributed by atoms with Crippen molar-refractivity contribution in [3.05, 3.63) is 30.0 Å². The number of benzene rings is 1. The summed E-state index contributed by atoms with van der Waals surface area (Å²) >= 11 is 0. The predicted molar refractivity (Wildman–Crippen MR) is 66.4 cm³/mol. The molecule has 0 aliphatic carbocycles. The van der Waals surface area contributed by atoms with Crippen molar-refractivity contribution in [2.75, 3.05) is 14.2 Å². The molecule has 1 N–H and O–H groups in total. The number of aromatic nitrogens is 1. The van der Waals surface area contributed by atoms with E-state index < -0.39 is 12.1 Å². The SMILES string of the molecule is COC(=O)C(O)c1cc(OC)c2ccn(C)c2c1. The molecular formula is C13H15NO4. The second-order valence-corrected chi connectivity index (χ2v) is 4.01. The van der Waals surface area contributed by atoms with Gasteiger partial charge in [-0.2, -0.15) is 0 Å². The van der Waals surface area contributed by atoms with E-state index in [1.807, 2.05) is 23.9 Å². The standard InChI is InChI=1S/C13H15NO4/c1-14-5-4-9-10(14)6-8(7-11(9)17-2)12(15)13(16)18-3/h4-7,12,15H,1-3H3. The maximum Gasteiger partial charge on any atom is 0.339 e. The highest BCUT2D eigenvalue weighted by atomic mass is 16.5. The Bertz CT molecular complexity index is 588. The lowest BCUT2D eigenvalue weighted by Gasteiger charge is -2.11. The smallest absolute Gasteiger partial charge is 0.339 e. The summed E-state index contributed by atoms with van der Waals surface area (Å²) < 4.78 is 11.7. The van der Waals surface area contributed by atoms with Gasteiger partial charge in [0.2, 0.25) is 0 Å². The molecule has 2 rings (SSSR count). The molecule has 0 spiro atoms. The third kappa shape index (κ3) is 1.93. The van der Waals surface area contributed by atoms with Crippen molar-refractivity contribution in [3.8, 4) is 5.75 Å². The van der Waals surface area contributed by atoms with Crippen LogP contribution in [0.2, 0.25) is 0 Å². The highest BCUT2D eigenvalue weighted by Gasteiger charge is 2.20. The first-order valence-corrected chi connectivity index (χ1v) is 5.47. The van der Waals surface area contributed by atoms with Crippen molar-refractivity contribution in [1.29, 1.82) is 0 Å². The molecule has 0 radical (unpaired) electrons. The predicted octanol–water partition coefficient (Wildman–Crippen LogP) is 1.39. The number of esters is 1. The Hall–Kier alpha value is -2.01. The quantitative estimate of drug-likeness (QED) is 0.835. The van der Waals surface area contributed by atoms with Gasteiger partial charge >= 0.3 is 5.97 Å². The maximum absolute atomic E-state index is 11.4. The second-order valence-electron chi connectivity index (χ2n) is 4.01. The largest absolute Gasteiger partial charge is 0.496 e. The van der Waals surface area contributed by atoms with Gasteiger partial charge in [0.05, 0.1) is 19.7 Å². The van der Waals surface area contributed by atoms with Gasteiger partial charge in [0.15, 0.2) is 6.10 Å². The topological polar surface area (TPSA) is 60.7 Å². The molecule has 0 bridgehead atoms. The van der Waals surface area contributed by atoms with E-state index in [9.17, 15) is 9.90 Å². The van der Waals surface area contributed by atoms with Crippen LogP contribution in [0, 0.1) is 0 Å². The van der Waals surface area contributed by atoms with Crippen molar-refractivity contribution in [1.82, 2.24) is 4.57 Å². The molecule has 5 heteroatoms. The fourth-order valence-electron chi connectivity index (χ4n) is 1.93. The normalized spacial score (nSPS) is 12.4. The maximum atomic E-state index is 11.4. The lowest BCUT2D eigenvalue weighted by atomic mass is 10.1. The van der Waals surface area contributed by atoms with Gasteiger partial charge in [0.25, 0.3) is 0 Å². The fourth-order valence-corrected chi connectivity index (χ4v) is 1.93. The number of nitrogens with zero attached hydrogens (tertiary/aromatic N) is 1. The van der Waals surface area contributed by atoms with Crippen LogP contribution in [0.5, 0.6) is 5.75 Å². The van der Waals surface area contributed by atoms with Crippen LogP contribution < -0.4 is 4.74 Å². The first-order chi connectivity index (χ1) is 8.58. The average Bonchev–Trinajstić information content (AvgIpc) is 2.77. The molecule has 1 atom stereocenters. The van der Waals surface area contributed by atoms with Crippen molar-refractivity contribution in [2.45, 2.75) is 6.10 Å². The number of methoxy groups -OCH3 is 2. The van der Waals surface area contributed by atoms with E-state index in [-0.39, 0.29) is 0 Å². The first kappa shape index (κ1) is 12.4. The molecule has 5 nitrogen and oxygen atoms in total. The van der Waals surface area contributed by atoms with Gasteiger partial charge in [-0.15, -0.1) is 0 Å². The van der Waals surface area contributed by atoms with Crippen LogP contribution in [0.15, 0.2) is 24.4 Å². The molecule has 0 fully saturated rings. The number of hydrogen-bond acceptors (Lipinski definition) is 4. The Labute approximate surface area is 105 Å². The summed E-state index contributed by atoms with van der Waals surface area (Å²) in [5.41, 5.74) is 1.33. The van der Waals surface area contributed by atoms with Crippen molar-refractivity contribution in [3.63, 3.8) is 0 Å². The molecule has 1 heterocycles. The van der Waals surface area contributed by atoms with Crippen LogP contribution in [-0.4, -0.2) is 29.9 Å². The van der Waals surface area contributed by atoms with Gasteiger partial charge in [-0.3, -0.25) is 0 Å². The zero-order chi connectivity index (χ0) is 13.3. The number of aliphatic hydroxyl groups is 1. The van der Waals surface area contributed by atoms with Crippen molar-refractivity contribution in [2.24, 2.45) is 7.05 Å². The van der Waals surface area contributed by atoms with E-state index in [0.717, 1.165) is 10.9 Å². The Balaban J connectivity index is 2.58. The van der Waals surface area contributed by atoms with Crippen LogP contribution >= 0.6 is 0 Å². The van der Waals surface area contributed by atoms with E-state index in [1.165, 1.54) is 7.11 Å². The molecule has 96 valence electrons. The molecule has 18 heavy (non-hydrogen) atoms. The number of ether oxygens (including phenoxy) is 2. The van der Waals surface area contributed by atoms with Crippen LogP contribution in [0.1, 0.15) is 11.7 Å². The molecule has 1 aromatic heterocycles. The summed E-state index contributed by atoms with van der Waals surface area (Å²) in [4.78, 5) is 11.4. The highest BCUT2D eigenvalue weighted by Crippen LogP contribution is 2.30. The molecule has 1 unspecified atom stereocenters. The molecular weight excluding hydrogens is 234 g/mol. The molecule has 0 amide bonds. The number of rotatable bonds is 3. The summed E-state index contributed by atoms with van der Waals surface area (Å²) in [7, 11) is 4.68. The van der Waals surface area contributed by atoms with Crippen LogP contribution in [0.4, 0.5) is 0 Å². The Kier molecular flexibility index (Phi) is 3.25. The number of fused-ring (bicyclic) bond motifs is 1. The Morgan fingerprint density at radius 3 is 2.72 bits per heavy atom. The lowest BCUT2D eigenvalue weighted by Crippen LogP contribution is -2.13. The van der Waals surface area contributed by atoms with E-state index in [2.05, 4.69) is 4.74 Å². The summed E-state index contributed by atoms with van der Waals surface area (Å²) in [5.74, 6) is -0.0725. The minimum Gasteiger partial charge on any atom is -0.496 e. The number of carbonyl (C=O) groups excluding carboxylic acids is 1. The molecule has 0 aliphatic rings. The van der Waals surface area contributed by atoms with Crippen molar-refractivity contribution < 1.29 is 19.4 Å². The molecule has 0 aliphatic heterocycles. The summed E-state index contributed by atoms with van der Waals surface area (Å²) in [6, 6.07) is 5.31. The van der Waals surface area contributed by atoms with Crippen molar-refractivity contribution >= 4 is 16.9 Å². The Morgan fingerprint density at radius 2 is 2.11 bits per heavy atom. The van der Waals surface area contributed by atoms with Crippen LogP contribution in [-0.2, 0) is 16.6 Å². The van der Waals surface area contributed by atoms with Gasteiger partial charge < -0.3 is 19.1 Å². The third-order valence-electron chi connectivity index (χ3n) is 2.95.